The monoisotopic (exact) mass is 306 g/mol. The van der Waals surface area contributed by atoms with Gasteiger partial charge in [-0.3, -0.25) is 0 Å². The summed E-state index contributed by atoms with van der Waals surface area (Å²) < 4.78 is 5.16. The Bertz CT molecular complexity index is 597. The number of aliphatic hydroxyl groups is 1. The highest BCUT2D eigenvalue weighted by atomic mass is 32.1. The zero-order valence-corrected chi connectivity index (χ0v) is 12.7. The van der Waals surface area contributed by atoms with E-state index < -0.39 is 11.6 Å². The van der Waals surface area contributed by atoms with Crippen molar-refractivity contribution >= 4 is 23.1 Å². The molecule has 21 heavy (non-hydrogen) atoms. The maximum atomic E-state index is 11.9. The van der Waals surface area contributed by atoms with Crippen LogP contribution in [0.4, 0.5) is 10.5 Å². The van der Waals surface area contributed by atoms with Gasteiger partial charge >= 0.3 is 6.03 Å². The van der Waals surface area contributed by atoms with Gasteiger partial charge < -0.3 is 20.5 Å². The zero-order chi connectivity index (χ0) is 15.3. The highest BCUT2D eigenvalue weighted by molar-refractivity contribution is 7.10. The van der Waals surface area contributed by atoms with E-state index in [0.29, 0.717) is 11.4 Å². The maximum absolute atomic E-state index is 11.9. The fraction of sp³-hybridized carbons (Fsp3) is 0.267. The minimum absolute atomic E-state index is 0.120. The number of hydrogen-bond donors (Lipinski definition) is 3. The van der Waals surface area contributed by atoms with E-state index in [1.807, 2.05) is 23.6 Å². The lowest BCUT2D eigenvalue weighted by Crippen LogP contribution is -2.40. The van der Waals surface area contributed by atoms with Gasteiger partial charge in [-0.15, -0.1) is 11.3 Å². The molecular weight excluding hydrogens is 288 g/mol. The molecule has 1 aromatic carbocycles. The lowest BCUT2D eigenvalue weighted by atomic mass is 10.1. The second-order valence-electron chi connectivity index (χ2n) is 4.76. The number of nitrogens with one attached hydrogen (secondary N) is 2. The average molecular weight is 306 g/mol. The molecule has 1 heterocycles. The molecule has 6 heteroatoms. The number of carbonyl (C=O) groups excluding carboxylic acids is 1. The van der Waals surface area contributed by atoms with Crippen LogP contribution in [0.2, 0.25) is 0 Å². The van der Waals surface area contributed by atoms with Crippen molar-refractivity contribution in [1.29, 1.82) is 0 Å². The number of thiophene rings is 1. The summed E-state index contributed by atoms with van der Waals surface area (Å²) in [5, 5.41) is 17.6. The molecule has 0 aliphatic heterocycles. The van der Waals surface area contributed by atoms with E-state index in [4.69, 9.17) is 4.74 Å². The molecule has 0 aliphatic carbocycles. The number of benzene rings is 1. The van der Waals surface area contributed by atoms with Gasteiger partial charge in [-0.1, -0.05) is 18.2 Å². The van der Waals surface area contributed by atoms with Crippen molar-refractivity contribution in [3.05, 3.63) is 46.7 Å². The van der Waals surface area contributed by atoms with E-state index in [2.05, 4.69) is 10.6 Å². The van der Waals surface area contributed by atoms with Gasteiger partial charge in [0, 0.05) is 4.88 Å². The van der Waals surface area contributed by atoms with E-state index in [1.165, 1.54) is 11.3 Å². The molecular formula is C15H18N2O3S. The summed E-state index contributed by atoms with van der Waals surface area (Å²) in [5.41, 5.74) is -0.514. The quantitative estimate of drug-likeness (QED) is 0.795. The van der Waals surface area contributed by atoms with Crippen LogP contribution in [0.3, 0.4) is 0 Å². The number of urea groups is 1. The molecule has 2 rings (SSSR count). The van der Waals surface area contributed by atoms with Gasteiger partial charge in [-0.05, 0) is 30.5 Å². The van der Waals surface area contributed by atoms with Crippen LogP contribution in [0.15, 0.2) is 41.8 Å². The molecule has 0 fully saturated rings. The number of rotatable bonds is 5. The summed E-state index contributed by atoms with van der Waals surface area (Å²) in [4.78, 5) is 12.7. The standard InChI is InChI=1S/C15H18N2O3S/c1-15(19,13-8-5-9-21-13)10-16-14(18)17-11-6-3-4-7-12(11)20-2/h3-9,19H,10H2,1-2H3,(H2,16,17,18). The van der Waals surface area contributed by atoms with E-state index in [9.17, 15) is 9.90 Å². The summed E-state index contributed by atoms with van der Waals surface area (Å²) in [6.45, 7) is 1.79. The highest BCUT2D eigenvalue weighted by Crippen LogP contribution is 2.25. The minimum atomic E-state index is -1.09. The topological polar surface area (TPSA) is 70.6 Å². The van der Waals surface area contributed by atoms with Gasteiger partial charge in [-0.25, -0.2) is 4.79 Å². The highest BCUT2D eigenvalue weighted by Gasteiger charge is 2.24. The molecule has 0 bridgehead atoms. The molecule has 1 aromatic heterocycles. The number of carbonyl (C=O) groups is 1. The first-order valence-corrected chi connectivity index (χ1v) is 7.35. The van der Waals surface area contributed by atoms with Crippen molar-refractivity contribution in [3.63, 3.8) is 0 Å². The number of anilines is 1. The fourth-order valence-corrected chi connectivity index (χ4v) is 2.63. The Morgan fingerprint density at radius 1 is 1.33 bits per heavy atom. The summed E-state index contributed by atoms with van der Waals surface area (Å²) >= 11 is 1.45. The number of methoxy groups -OCH3 is 1. The molecule has 0 saturated heterocycles. The molecule has 2 aromatic rings. The number of ether oxygens (including phenoxy) is 1. The van der Waals surface area contributed by atoms with Crippen molar-refractivity contribution in [2.45, 2.75) is 12.5 Å². The lowest BCUT2D eigenvalue weighted by Gasteiger charge is -2.22. The molecule has 0 saturated carbocycles. The Morgan fingerprint density at radius 2 is 2.10 bits per heavy atom. The van der Waals surface area contributed by atoms with Crippen molar-refractivity contribution in [2.24, 2.45) is 0 Å². The van der Waals surface area contributed by atoms with Crippen LogP contribution in [0.1, 0.15) is 11.8 Å². The third-order valence-corrected chi connectivity index (χ3v) is 4.12. The molecule has 0 radical (unpaired) electrons. The Hall–Kier alpha value is -2.05. The van der Waals surface area contributed by atoms with E-state index in [1.54, 1.807) is 32.2 Å². The van der Waals surface area contributed by atoms with Crippen LogP contribution in [0.25, 0.3) is 0 Å². The SMILES string of the molecule is COc1ccccc1NC(=O)NCC(C)(O)c1cccs1. The number of amides is 2. The van der Waals surface area contributed by atoms with Crippen molar-refractivity contribution < 1.29 is 14.6 Å². The Labute approximate surface area is 127 Å². The Kier molecular flexibility index (Phi) is 4.82. The largest absolute Gasteiger partial charge is 0.495 e. The van der Waals surface area contributed by atoms with Gasteiger partial charge in [0.15, 0.2) is 0 Å². The predicted molar refractivity (Wildman–Crippen MR) is 83.9 cm³/mol. The number of para-hydroxylation sites is 2. The molecule has 3 N–H and O–H groups in total. The molecule has 5 nitrogen and oxygen atoms in total. The molecule has 0 aliphatic rings. The van der Waals surface area contributed by atoms with E-state index >= 15 is 0 Å². The van der Waals surface area contributed by atoms with Crippen molar-refractivity contribution in [3.8, 4) is 5.75 Å². The summed E-state index contributed by atoms with van der Waals surface area (Å²) in [6.07, 6.45) is 0. The second-order valence-corrected chi connectivity index (χ2v) is 5.71. The average Bonchev–Trinajstić information content (AvgIpc) is 3.01. The minimum Gasteiger partial charge on any atom is -0.495 e. The normalized spacial score (nSPS) is 13.3. The summed E-state index contributed by atoms with van der Waals surface area (Å²) in [6, 6.07) is 10.4. The fourth-order valence-electron chi connectivity index (χ4n) is 1.84. The van der Waals surface area contributed by atoms with E-state index in [0.717, 1.165) is 4.88 Å². The third-order valence-electron chi connectivity index (χ3n) is 3.00. The summed E-state index contributed by atoms with van der Waals surface area (Å²) in [5.74, 6) is 0.581. The zero-order valence-electron chi connectivity index (χ0n) is 11.9. The first-order valence-electron chi connectivity index (χ1n) is 6.47. The molecule has 0 spiro atoms. The van der Waals surface area contributed by atoms with Crippen LogP contribution in [0.5, 0.6) is 5.75 Å². The van der Waals surface area contributed by atoms with Gasteiger partial charge in [-0.2, -0.15) is 0 Å². The first-order chi connectivity index (χ1) is 10.0. The summed E-state index contributed by atoms with van der Waals surface area (Å²) in [7, 11) is 1.54. The predicted octanol–water partition coefficient (Wildman–Crippen LogP) is 2.79. The van der Waals surface area contributed by atoms with Crippen LogP contribution >= 0.6 is 11.3 Å². The Balaban J connectivity index is 1.93. The smallest absolute Gasteiger partial charge is 0.319 e. The van der Waals surface area contributed by atoms with Gasteiger partial charge in [0.05, 0.1) is 19.3 Å². The van der Waals surface area contributed by atoms with Crippen LogP contribution in [0, 0.1) is 0 Å². The second kappa shape index (κ2) is 6.60. The maximum Gasteiger partial charge on any atom is 0.319 e. The van der Waals surface area contributed by atoms with Crippen molar-refractivity contribution in [1.82, 2.24) is 5.32 Å². The van der Waals surface area contributed by atoms with E-state index in [-0.39, 0.29) is 6.54 Å². The van der Waals surface area contributed by atoms with Gasteiger partial charge in [0.1, 0.15) is 11.4 Å². The van der Waals surface area contributed by atoms with Crippen molar-refractivity contribution in [2.75, 3.05) is 19.0 Å². The van der Waals surface area contributed by atoms with Crippen LogP contribution < -0.4 is 15.4 Å². The Morgan fingerprint density at radius 3 is 2.76 bits per heavy atom. The molecule has 1 unspecified atom stereocenters. The lowest BCUT2D eigenvalue weighted by molar-refractivity contribution is 0.0637. The first kappa shape index (κ1) is 15.3. The third kappa shape index (κ3) is 3.96. The van der Waals surface area contributed by atoms with Gasteiger partial charge in [0.25, 0.3) is 0 Å². The molecule has 112 valence electrons. The van der Waals surface area contributed by atoms with Crippen LogP contribution in [-0.2, 0) is 5.60 Å². The molecule has 1 atom stereocenters. The van der Waals surface area contributed by atoms with Gasteiger partial charge in [0.2, 0.25) is 0 Å². The number of hydrogen-bond acceptors (Lipinski definition) is 4. The molecule has 2 amide bonds. The van der Waals surface area contributed by atoms with Crippen LogP contribution in [-0.4, -0.2) is 24.8 Å².